The molecule has 2 nitrogen and oxygen atoms in total. The number of nitrogens with zero attached hydrogens (tertiary/aromatic N) is 2. The van der Waals surface area contributed by atoms with E-state index in [0.29, 0.717) is 0 Å². The highest BCUT2D eigenvalue weighted by atomic mass is 79.9. The molecule has 1 heterocycles. The second-order valence-corrected chi connectivity index (χ2v) is 6.11. The molecule has 0 aliphatic carbocycles. The Morgan fingerprint density at radius 3 is 2.55 bits per heavy atom. The van der Waals surface area contributed by atoms with Gasteiger partial charge in [0.15, 0.2) is 0 Å². The number of alkyl halides is 1. The summed E-state index contributed by atoms with van der Waals surface area (Å²) in [6.45, 7) is 5.15. The third kappa shape index (κ3) is 3.44. The standard InChI is InChI=1S/C16H20BrClN2/c1-3-14-16(17)15(20(4-2)19-14)11-10-13(18)12-8-6-5-7-9-12/h5-9,13H,3-4,10-11H2,1-2H3. The minimum atomic E-state index is 0.0494. The van der Waals surface area contributed by atoms with Crippen LogP contribution in [-0.4, -0.2) is 9.78 Å². The van der Waals surface area contributed by atoms with Gasteiger partial charge in [-0.15, -0.1) is 11.6 Å². The molecule has 0 fully saturated rings. The number of hydrogen-bond donors (Lipinski definition) is 0. The maximum atomic E-state index is 6.50. The number of aromatic nitrogens is 2. The summed E-state index contributed by atoms with van der Waals surface area (Å²) in [6.07, 6.45) is 2.80. The lowest BCUT2D eigenvalue weighted by molar-refractivity contribution is 0.600. The van der Waals surface area contributed by atoms with Crippen LogP contribution >= 0.6 is 27.5 Å². The minimum absolute atomic E-state index is 0.0494. The maximum Gasteiger partial charge on any atom is 0.0766 e. The highest BCUT2D eigenvalue weighted by Crippen LogP contribution is 2.29. The van der Waals surface area contributed by atoms with Crippen LogP contribution in [0.2, 0.25) is 0 Å². The van der Waals surface area contributed by atoms with Gasteiger partial charge in [-0.3, -0.25) is 4.68 Å². The Hall–Kier alpha value is -0.800. The molecule has 108 valence electrons. The Balaban J connectivity index is 2.09. The van der Waals surface area contributed by atoms with Gasteiger partial charge in [-0.25, -0.2) is 0 Å². The van der Waals surface area contributed by atoms with E-state index >= 15 is 0 Å². The Kier molecular flexibility index (Phi) is 5.67. The summed E-state index contributed by atoms with van der Waals surface area (Å²) in [5.41, 5.74) is 3.57. The van der Waals surface area contributed by atoms with Gasteiger partial charge in [0, 0.05) is 6.54 Å². The zero-order chi connectivity index (χ0) is 14.5. The van der Waals surface area contributed by atoms with Gasteiger partial charge in [0.25, 0.3) is 0 Å². The molecular formula is C16H20BrClN2. The second kappa shape index (κ2) is 7.28. The molecule has 4 heteroatoms. The number of halogens is 2. The first-order chi connectivity index (χ1) is 9.67. The Labute approximate surface area is 134 Å². The van der Waals surface area contributed by atoms with Crippen molar-refractivity contribution in [2.45, 2.75) is 45.0 Å². The molecule has 0 amide bonds. The minimum Gasteiger partial charge on any atom is -0.268 e. The normalized spacial score (nSPS) is 12.6. The molecule has 0 spiro atoms. The number of aryl methyl sites for hydroxylation is 2. The van der Waals surface area contributed by atoms with E-state index in [4.69, 9.17) is 11.6 Å². The van der Waals surface area contributed by atoms with Gasteiger partial charge in [0.2, 0.25) is 0 Å². The molecule has 0 saturated heterocycles. The van der Waals surface area contributed by atoms with Gasteiger partial charge in [-0.2, -0.15) is 5.10 Å². The molecule has 1 aromatic carbocycles. The first-order valence-electron chi connectivity index (χ1n) is 7.10. The monoisotopic (exact) mass is 354 g/mol. The van der Waals surface area contributed by atoms with Crippen molar-refractivity contribution in [3.05, 3.63) is 51.8 Å². The maximum absolute atomic E-state index is 6.50. The van der Waals surface area contributed by atoms with Crippen molar-refractivity contribution in [3.63, 3.8) is 0 Å². The summed E-state index contributed by atoms with van der Waals surface area (Å²) in [5, 5.41) is 4.67. The van der Waals surface area contributed by atoms with Crippen LogP contribution in [0.15, 0.2) is 34.8 Å². The lowest BCUT2D eigenvalue weighted by Crippen LogP contribution is -2.04. The lowest BCUT2D eigenvalue weighted by Gasteiger charge is -2.11. The van der Waals surface area contributed by atoms with Gasteiger partial charge >= 0.3 is 0 Å². The van der Waals surface area contributed by atoms with E-state index in [1.54, 1.807) is 0 Å². The Bertz CT molecular complexity index is 551. The van der Waals surface area contributed by atoms with E-state index in [1.807, 2.05) is 18.2 Å². The highest BCUT2D eigenvalue weighted by Gasteiger charge is 2.16. The van der Waals surface area contributed by atoms with E-state index < -0.39 is 0 Å². The van der Waals surface area contributed by atoms with Gasteiger partial charge in [0.05, 0.1) is 21.2 Å². The van der Waals surface area contributed by atoms with Crippen LogP contribution in [0.4, 0.5) is 0 Å². The molecule has 2 aromatic rings. The van der Waals surface area contributed by atoms with Gasteiger partial charge < -0.3 is 0 Å². The zero-order valence-corrected chi connectivity index (χ0v) is 14.3. The van der Waals surface area contributed by atoms with Crippen LogP contribution in [0.1, 0.15) is 42.6 Å². The largest absolute Gasteiger partial charge is 0.268 e. The molecule has 1 aromatic heterocycles. The molecule has 1 unspecified atom stereocenters. The first kappa shape index (κ1) is 15.6. The fraction of sp³-hybridized carbons (Fsp3) is 0.438. The van der Waals surface area contributed by atoms with E-state index in [-0.39, 0.29) is 5.38 Å². The third-order valence-electron chi connectivity index (χ3n) is 3.49. The lowest BCUT2D eigenvalue weighted by atomic mass is 10.1. The molecular weight excluding hydrogens is 336 g/mol. The van der Waals surface area contributed by atoms with Crippen LogP contribution in [-0.2, 0) is 19.4 Å². The molecule has 0 bridgehead atoms. The topological polar surface area (TPSA) is 17.8 Å². The molecule has 0 N–H and O–H groups in total. The van der Waals surface area contributed by atoms with Crippen LogP contribution < -0.4 is 0 Å². The predicted octanol–water partition coefficient (Wildman–Crippen LogP) is 5.14. The van der Waals surface area contributed by atoms with Gasteiger partial charge in [0.1, 0.15) is 0 Å². The smallest absolute Gasteiger partial charge is 0.0766 e. The van der Waals surface area contributed by atoms with Crippen LogP contribution in [0.5, 0.6) is 0 Å². The van der Waals surface area contributed by atoms with Crippen LogP contribution in [0.3, 0.4) is 0 Å². The average Bonchev–Trinajstić information content (AvgIpc) is 2.81. The number of rotatable bonds is 6. The molecule has 0 aliphatic rings. The van der Waals surface area contributed by atoms with Crippen LogP contribution in [0.25, 0.3) is 0 Å². The quantitative estimate of drug-likeness (QED) is 0.656. The van der Waals surface area contributed by atoms with Gasteiger partial charge in [-0.05, 0) is 47.7 Å². The van der Waals surface area contributed by atoms with Crippen molar-refractivity contribution in [2.24, 2.45) is 0 Å². The SMILES string of the molecule is CCc1nn(CC)c(CCC(Cl)c2ccccc2)c1Br. The third-order valence-corrected chi connectivity index (χ3v) is 4.88. The van der Waals surface area contributed by atoms with E-state index in [0.717, 1.165) is 36.0 Å². The predicted molar refractivity (Wildman–Crippen MR) is 88.3 cm³/mol. The highest BCUT2D eigenvalue weighted by molar-refractivity contribution is 9.10. The van der Waals surface area contributed by atoms with Crippen molar-refractivity contribution < 1.29 is 0 Å². The average molecular weight is 356 g/mol. The van der Waals surface area contributed by atoms with Crippen molar-refractivity contribution >= 4 is 27.5 Å². The second-order valence-electron chi connectivity index (χ2n) is 4.79. The zero-order valence-electron chi connectivity index (χ0n) is 11.9. The molecule has 2 rings (SSSR count). The van der Waals surface area contributed by atoms with Crippen LogP contribution in [0, 0.1) is 0 Å². The van der Waals surface area contributed by atoms with Crippen molar-refractivity contribution in [1.82, 2.24) is 9.78 Å². The molecule has 0 radical (unpaired) electrons. The van der Waals surface area contributed by atoms with E-state index in [2.05, 4.69) is 51.7 Å². The van der Waals surface area contributed by atoms with Gasteiger partial charge in [-0.1, -0.05) is 37.3 Å². The molecule has 20 heavy (non-hydrogen) atoms. The molecule has 0 saturated carbocycles. The molecule has 0 aliphatic heterocycles. The molecule has 1 atom stereocenters. The van der Waals surface area contributed by atoms with E-state index in [1.165, 1.54) is 11.3 Å². The number of hydrogen-bond acceptors (Lipinski definition) is 1. The summed E-state index contributed by atoms with van der Waals surface area (Å²) in [5.74, 6) is 0. The summed E-state index contributed by atoms with van der Waals surface area (Å²) in [7, 11) is 0. The number of benzene rings is 1. The van der Waals surface area contributed by atoms with Crippen molar-refractivity contribution in [3.8, 4) is 0 Å². The fourth-order valence-electron chi connectivity index (χ4n) is 2.35. The van der Waals surface area contributed by atoms with Crippen molar-refractivity contribution in [1.29, 1.82) is 0 Å². The first-order valence-corrected chi connectivity index (χ1v) is 8.33. The van der Waals surface area contributed by atoms with E-state index in [9.17, 15) is 0 Å². The Morgan fingerprint density at radius 2 is 1.95 bits per heavy atom. The summed E-state index contributed by atoms with van der Waals surface area (Å²) < 4.78 is 3.23. The Morgan fingerprint density at radius 1 is 1.25 bits per heavy atom. The summed E-state index contributed by atoms with van der Waals surface area (Å²) in [6, 6.07) is 10.3. The summed E-state index contributed by atoms with van der Waals surface area (Å²) in [4.78, 5) is 0. The summed E-state index contributed by atoms with van der Waals surface area (Å²) >= 11 is 10.2. The fourth-order valence-corrected chi connectivity index (χ4v) is 3.37. The van der Waals surface area contributed by atoms with Crippen molar-refractivity contribution in [2.75, 3.05) is 0 Å².